The lowest BCUT2D eigenvalue weighted by atomic mass is 10.1. The summed E-state index contributed by atoms with van der Waals surface area (Å²) >= 11 is 0. The Bertz CT molecular complexity index is 3220. The van der Waals surface area contributed by atoms with Crippen LogP contribution in [0.25, 0.3) is 32.7 Å². The number of aromatic nitrogens is 3. The number of para-hydroxylation sites is 1. The van der Waals surface area contributed by atoms with E-state index in [9.17, 15) is 55.2 Å². The summed E-state index contributed by atoms with van der Waals surface area (Å²) in [5.74, 6) is -2.55. The molecule has 0 bridgehead atoms. The molecule has 14 heteroatoms. The topological polar surface area (TPSA) is 228 Å². The van der Waals surface area contributed by atoms with Gasteiger partial charge in [0.05, 0.1) is 33.1 Å². The van der Waals surface area contributed by atoms with Gasteiger partial charge in [-0.3, -0.25) is 0 Å². The summed E-state index contributed by atoms with van der Waals surface area (Å²) in [6.45, 7) is 5.29. The third-order valence-corrected chi connectivity index (χ3v) is 11.3. The number of fused-ring (bicyclic) bond motifs is 3. The second-order valence-electron chi connectivity index (χ2n) is 15.5. The van der Waals surface area contributed by atoms with Crippen molar-refractivity contribution in [3.63, 3.8) is 0 Å². The van der Waals surface area contributed by atoms with E-state index < -0.39 is 17.9 Å². The van der Waals surface area contributed by atoms with Gasteiger partial charge in [-0.15, -0.1) is 0 Å². The van der Waals surface area contributed by atoms with Crippen molar-refractivity contribution < 1.29 is 55.2 Å². The summed E-state index contributed by atoms with van der Waals surface area (Å²) < 4.78 is 5.62. The largest absolute Gasteiger partial charge is 0.508 e. The van der Waals surface area contributed by atoms with Gasteiger partial charge in [-0.05, 0) is 90.2 Å². The van der Waals surface area contributed by atoms with Gasteiger partial charge < -0.3 is 54.6 Å². The molecular weight excluding hydrogens is 843 g/mol. The van der Waals surface area contributed by atoms with Crippen LogP contribution in [0.1, 0.15) is 73.0 Å². The van der Waals surface area contributed by atoms with E-state index in [0.717, 1.165) is 22.2 Å². The molecule has 0 aliphatic carbocycles. The number of carbonyl (C=O) groups is 3. The SMILES string of the molecule is CCc1c(C(=O)O)c2c(O)cccc2n1Cc1ccc(O)cc1.CCc1c(C(=O)O)c2cc(O)ccc2n1Cc1ccc(O)cc1.O=C(O)c1cn(Cc2ccccc2)c2c(O)cccc12. The molecule has 0 saturated carbocycles. The number of aromatic carboxylic acids is 3. The van der Waals surface area contributed by atoms with Gasteiger partial charge in [0.1, 0.15) is 28.7 Å². The molecule has 0 aliphatic rings. The fourth-order valence-corrected chi connectivity index (χ4v) is 8.38. The number of carboxylic acid groups (broad SMARTS) is 3. The summed E-state index contributed by atoms with van der Waals surface area (Å²) in [7, 11) is 0. The van der Waals surface area contributed by atoms with Crippen molar-refractivity contribution in [2.24, 2.45) is 0 Å². The van der Waals surface area contributed by atoms with Crippen LogP contribution >= 0.6 is 0 Å². The summed E-state index contributed by atoms with van der Waals surface area (Å²) in [6.07, 6.45) is 2.67. The lowest BCUT2D eigenvalue weighted by molar-refractivity contribution is 0.0686. The zero-order valence-corrected chi connectivity index (χ0v) is 36.0. The first kappa shape index (κ1) is 45.4. The quantitative estimate of drug-likeness (QED) is 0.0609. The summed E-state index contributed by atoms with van der Waals surface area (Å²) in [5, 5.41) is 78.5. The molecule has 0 radical (unpaired) electrons. The smallest absolute Gasteiger partial charge is 0.338 e. The van der Waals surface area contributed by atoms with Gasteiger partial charge in [0.15, 0.2) is 0 Å². The van der Waals surface area contributed by atoms with Crippen molar-refractivity contribution in [1.29, 1.82) is 0 Å². The molecule has 9 rings (SSSR count). The number of phenolic OH excluding ortho intramolecular Hbond substituents is 5. The predicted molar refractivity (Wildman–Crippen MR) is 250 cm³/mol. The minimum Gasteiger partial charge on any atom is -0.508 e. The standard InChI is InChI=1S/2C18H17NO4.C16H13NO3/c1-2-15-17(18(22)23)14-9-13(21)7-8-16(14)19(15)10-11-3-5-12(20)6-4-11;1-2-13-17(18(22)23)16-14(4-3-5-15(16)21)19(13)10-11-6-8-12(20)9-7-11;18-14-8-4-7-12-13(16(19)20)10-17(15(12)14)9-11-5-2-1-3-6-11/h2*3-9,20-21H,2,10H2,1H3,(H,22,23);1-8,10,18H,9H2,(H,19,20). The normalized spacial score (nSPS) is 10.9. The van der Waals surface area contributed by atoms with Gasteiger partial charge in [0.25, 0.3) is 0 Å². The fraction of sp³-hybridized carbons (Fsp3) is 0.135. The number of hydrogen-bond donors (Lipinski definition) is 8. The Kier molecular flexibility index (Phi) is 13.3. The van der Waals surface area contributed by atoms with Crippen LogP contribution in [0, 0.1) is 0 Å². The van der Waals surface area contributed by atoms with Crippen LogP contribution in [-0.2, 0) is 32.5 Å². The van der Waals surface area contributed by atoms with Crippen molar-refractivity contribution in [2.45, 2.75) is 46.3 Å². The molecule has 9 aromatic rings. The van der Waals surface area contributed by atoms with Gasteiger partial charge in [-0.25, -0.2) is 14.4 Å². The Labute approximate surface area is 378 Å². The van der Waals surface area contributed by atoms with Gasteiger partial charge in [-0.2, -0.15) is 0 Å². The second-order valence-corrected chi connectivity index (χ2v) is 15.5. The highest BCUT2D eigenvalue weighted by molar-refractivity contribution is 6.08. The third kappa shape index (κ3) is 9.33. The summed E-state index contributed by atoms with van der Waals surface area (Å²) in [4.78, 5) is 34.7. The van der Waals surface area contributed by atoms with E-state index in [1.165, 1.54) is 12.1 Å². The van der Waals surface area contributed by atoms with Crippen LogP contribution in [0.3, 0.4) is 0 Å². The average molecular weight is 890 g/mol. The molecule has 336 valence electrons. The lowest BCUT2D eigenvalue weighted by Crippen LogP contribution is -2.07. The molecule has 3 aromatic heterocycles. The van der Waals surface area contributed by atoms with Crippen LogP contribution in [0.2, 0.25) is 0 Å². The molecule has 0 amide bonds. The number of rotatable bonds is 11. The van der Waals surface area contributed by atoms with Gasteiger partial charge in [-0.1, -0.05) is 86.6 Å². The number of aromatic hydroxyl groups is 5. The Hall–Kier alpha value is -8.65. The van der Waals surface area contributed by atoms with Crippen LogP contribution in [0.4, 0.5) is 0 Å². The first-order valence-corrected chi connectivity index (χ1v) is 21.0. The van der Waals surface area contributed by atoms with E-state index in [-0.39, 0.29) is 45.4 Å². The number of benzene rings is 6. The molecule has 0 fully saturated rings. The van der Waals surface area contributed by atoms with Crippen LogP contribution in [-0.4, -0.2) is 72.5 Å². The molecule has 6 aromatic carbocycles. The first-order chi connectivity index (χ1) is 31.7. The van der Waals surface area contributed by atoms with Gasteiger partial charge in [0, 0.05) is 53.5 Å². The zero-order valence-electron chi connectivity index (χ0n) is 36.0. The minimum atomic E-state index is -1.04. The van der Waals surface area contributed by atoms with E-state index in [1.54, 1.807) is 89.6 Å². The third-order valence-electron chi connectivity index (χ3n) is 11.3. The van der Waals surface area contributed by atoms with Crippen molar-refractivity contribution >= 4 is 50.6 Å². The Balaban J connectivity index is 0.000000148. The van der Waals surface area contributed by atoms with Crippen LogP contribution < -0.4 is 0 Å². The maximum atomic E-state index is 11.7. The molecule has 66 heavy (non-hydrogen) atoms. The Morgan fingerprint density at radius 3 is 1.55 bits per heavy atom. The predicted octanol–water partition coefficient (Wildman–Crippen LogP) is 9.82. The minimum absolute atomic E-state index is 0.0287. The van der Waals surface area contributed by atoms with Crippen molar-refractivity contribution in [2.75, 3.05) is 0 Å². The molecule has 0 saturated heterocycles. The Morgan fingerprint density at radius 2 is 0.985 bits per heavy atom. The molecule has 14 nitrogen and oxygen atoms in total. The number of phenols is 5. The highest BCUT2D eigenvalue weighted by atomic mass is 16.4. The molecular formula is C52H47N3O11. The fourth-order valence-electron chi connectivity index (χ4n) is 8.38. The molecule has 0 spiro atoms. The molecule has 8 N–H and O–H groups in total. The molecule has 0 atom stereocenters. The van der Waals surface area contributed by atoms with Crippen LogP contribution in [0.15, 0.2) is 140 Å². The zero-order chi connectivity index (χ0) is 47.2. The van der Waals surface area contributed by atoms with E-state index in [2.05, 4.69) is 0 Å². The maximum Gasteiger partial charge on any atom is 0.338 e. The van der Waals surface area contributed by atoms with Crippen molar-refractivity contribution in [1.82, 2.24) is 13.7 Å². The van der Waals surface area contributed by atoms with Crippen molar-refractivity contribution in [3.05, 3.63) is 184 Å². The summed E-state index contributed by atoms with van der Waals surface area (Å²) in [5.41, 5.74) is 6.92. The molecule has 3 heterocycles. The second kappa shape index (κ2) is 19.4. The highest BCUT2D eigenvalue weighted by Crippen LogP contribution is 2.35. The Morgan fingerprint density at radius 1 is 0.470 bits per heavy atom. The molecule has 0 aliphatic heterocycles. The van der Waals surface area contributed by atoms with E-state index in [1.807, 2.05) is 65.4 Å². The number of carboxylic acids is 3. The van der Waals surface area contributed by atoms with Gasteiger partial charge in [0.2, 0.25) is 0 Å². The summed E-state index contributed by atoms with van der Waals surface area (Å²) in [6, 6.07) is 38.0. The van der Waals surface area contributed by atoms with E-state index in [0.29, 0.717) is 71.1 Å². The monoisotopic (exact) mass is 889 g/mol. The van der Waals surface area contributed by atoms with E-state index >= 15 is 0 Å². The van der Waals surface area contributed by atoms with Gasteiger partial charge >= 0.3 is 17.9 Å². The molecule has 0 unspecified atom stereocenters. The number of nitrogens with zero attached hydrogens (tertiary/aromatic N) is 3. The number of hydrogen-bond acceptors (Lipinski definition) is 8. The first-order valence-electron chi connectivity index (χ1n) is 21.0. The average Bonchev–Trinajstić information content (AvgIpc) is 3.94. The lowest BCUT2D eigenvalue weighted by Gasteiger charge is -2.10. The van der Waals surface area contributed by atoms with E-state index in [4.69, 9.17) is 0 Å². The highest BCUT2D eigenvalue weighted by Gasteiger charge is 2.24. The van der Waals surface area contributed by atoms with Crippen molar-refractivity contribution in [3.8, 4) is 28.7 Å². The maximum absolute atomic E-state index is 11.7. The van der Waals surface area contributed by atoms with Crippen LogP contribution in [0.5, 0.6) is 28.7 Å².